The summed E-state index contributed by atoms with van der Waals surface area (Å²) in [6.07, 6.45) is 8.62. The molecule has 0 aromatic rings. The monoisotopic (exact) mass is 169 g/mol. The molecule has 0 aliphatic heterocycles. The van der Waals surface area contributed by atoms with E-state index in [1.54, 1.807) is 0 Å². The van der Waals surface area contributed by atoms with Crippen LogP contribution in [0.25, 0.3) is 0 Å². The normalized spacial score (nSPS) is 32.5. The lowest BCUT2D eigenvalue weighted by atomic mass is 9.88. The van der Waals surface area contributed by atoms with Gasteiger partial charge < -0.3 is 5.32 Å². The number of hydrogen-bond acceptors (Lipinski definition) is 1. The molecule has 1 aliphatic rings. The number of hydrogen-bond donors (Lipinski definition) is 1. The molecule has 0 aromatic carbocycles. The van der Waals surface area contributed by atoms with E-state index in [1.165, 1.54) is 38.5 Å². The second-order valence-corrected chi connectivity index (χ2v) is 4.13. The molecule has 2 unspecified atom stereocenters. The van der Waals surface area contributed by atoms with E-state index in [1.807, 2.05) is 0 Å². The molecule has 1 rings (SSSR count). The number of nitrogens with one attached hydrogen (secondary N) is 1. The van der Waals surface area contributed by atoms with Crippen LogP contribution in [0.1, 0.15) is 52.4 Å². The van der Waals surface area contributed by atoms with E-state index in [0.29, 0.717) is 0 Å². The molecule has 0 heterocycles. The molecule has 72 valence electrons. The van der Waals surface area contributed by atoms with Crippen molar-refractivity contribution in [3.63, 3.8) is 0 Å². The Morgan fingerprint density at radius 2 is 1.75 bits per heavy atom. The van der Waals surface area contributed by atoms with Crippen LogP contribution in [0.15, 0.2) is 0 Å². The van der Waals surface area contributed by atoms with Crippen LogP contribution in [0.4, 0.5) is 0 Å². The van der Waals surface area contributed by atoms with Gasteiger partial charge in [0.25, 0.3) is 0 Å². The minimum absolute atomic E-state index is 0.801. The van der Waals surface area contributed by atoms with Crippen LogP contribution >= 0.6 is 0 Å². The highest BCUT2D eigenvalue weighted by atomic mass is 14.9. The highest BCUT2D eigenvalue weighted by molar-refractivity contribution is 4.74. The van der Waals surface area contributed by atoms with E-state index < -0.39 is 0 Å². The summed E-state index contributed by atoms with van der Waals surface area (Å²) in [7, 11) is 0. The third-order valence-electron chi connectivity index (χ3n) is 3.08. The standard InChI is InChI=1S/C11H23N/c1-3-12-11-9-7-5-4-6-8-10(11)2/h10-12H,3-9H2,1-2H3. The van der Waals surface area contributed by atoms with Crippen molar-refractivity contribution in [2.24, 2.45) is 5.92 Å². The van der Waals surface area contributed by atoms with Gasteiger partial charge in [-0.15, -0.1) is 0 Å². The fourth-order valence-electron chi connectivity index (χ4n) is 2.24. The Balaban J connectivity index is 2.32. The van der Waals surface area contributed by atoms with Crippen LogP contribution in [0.3, 0.4) is 0 Å². The molecular weight excluding hydrogens is 146 g/mol. The lowest BCUT2D eigenvalue weighted by Gasteiger charge is -2.26. The van der Waals surface area contributed by atoms with Gasteiger partial charge in [-0.1, -0.05) is 39.5 Å². The molecule has 2 atom stereocenters. The summed E-state index contributed by atoms with van der Waals surface area (Å²) in [5.41, 5.74) is 0. The third-order valence-corrected chi connectivity index (χ3v) is 3.08. The van der Waals surface area contributed by atoms with E-state index in [2.05, 4.69) is 19.2 Å². The predicted octanol–water partition coefficient (Wildman–Crippen LogP) is 2.95. The highest BCUT2D eigenvalue weighted by Crippen LogP contribution is 2.22. The first-order valence-electron chi connectivity index (χ1n) is 5.58. The molecule has 1 fully saturated rings. The second-order valence-electron chi connectivity index (χ2n) is 4.13. The Hall–Kier alpha value is -0.0400. The summed E-state index contributed by atoms with van der Waals surface area (Å²) in [5, 5.41) is 3.60. The molecule has 1 N–H and O–H groups in total. The summed E-state index contributed by atoms with van der Waals surface area (Å²) in [6, 6.07) is 0.801. The van der Waals surface area contributed by atoms with Gasteiger partial charge in [0.2, 0.25) is 0 Å². The van der Waals surface area contributed by atoms with Crippen molar-refractivity contribution in [2.75, 3.05) is 6.54 Å². The maximum atomic E-state index is 3.60. The Bertz CT molecular complexity index is 112. The molecule has 0 spiro atoms. The topological polar surface area (TPSA) is 12.0 Å². The van der Waals surface area contributed by atoms with E-state index >= 15 is 0 Å². The van der Waals surface area contributed by atoms with Gasteiger partial charge in [-0.2, -0.15) is 0 Å². The fraction of sp³-hybridized carbons (Fsp3) is 1.00. The van der Waals surface area contributed by atoms with E-state index in [4.69, 9.17) is 0 Å². The summed E-state index contributed by atoms with van der Waals surface area (Å²) < 4.78 is 0. The molecule has 0 amide bonds. The molecule has 0 aromatic heterocycles. The van der Waals surface area contributed by atoms with Crippen molar-refractivity contribution in [1.82, 2.24) is 5.32 Å². The summed E-state index contributed by atoms with van der Waals surface area (Å²) in [4.78, 5) is 0. The van der Waals surface area contributed by atoms with Gasteiger partial charge in [-0.25, -0.2) is 0 Å². The second kappa shape index (κ2) is 5.58. The van der Waals surface area contributed by atoms with Gasteiger partial charge in [-0.3, -0.25) is 0 Å². The van der Waals surface area contributed by atoms with Crippen LogP contribution in [0.2, 0.25) is 0 Å². The third kappa shape index (κ3) is 3.14. The largest absolute Gasteiger partial charge is 0.314 e. The van der Waals surface area contributed by atoms with Gasteiger partial charge >= 0.3 is 0 Å². The van der Waals surface area contributed by atoms with Gasteiger partial charge in [0, 0.05) is 6.04 Å². The quantitative estimate of drug-likeness (QED) is 0.670. The van der Waals surface area contributed by atoms with Gasteiger partial charge in [0.1, 0.15) is 0 Å². The van der Waals surface area contributed by atoms with Crippen LogP contribution in [0, 0.1) is 5.92 Å². The SMILES string of the molecule is CCNC1CCCCCCC1C. The molecule has 1 heteroatoms. The van der Waals surface area contributed by atoms with Crippen molar-refractivity contribution in [3.8, 4) is 0 Å². The smallest absolute Gasteiger partial charge is 0.00925 e. The molecular formula is C11H23N. The first kappa shape index (κ1) is 10.0. The van der Waals surface area contributed by atoms with Gasteiger partial charge in [0.05, 0.1) is 0 Å². The molecule has 1 saturated carbocycles. The van der Waals surface area contributed by atoms with Crippen molar-refractivity contribution >= 4 is 0 Å². The zero-order valence-electron chi connectivity index (χ0n) is 8.60. The zero-order chi connectivity index (χ0) is 8.81. The Labute approximate surface area is 76.9 Å². The molecule has 12 heavy (non-hydrogen) atoms. The van der Waals surface area contributed by atoms with Crippen LogP contribution in [-0.2, 0) is 0 Å². The lowest BCUT2D eigenvalue weighted by molar-refractivity contribution is 0.306. The van der Waals surface area contributed by atoms with Crippen molar-refractivity contribution in [3.05, 3.63) is 0 Å². The van der Waals surface area contributed by atoms with E-state index in [0.717, 1.165) is 18.5 Å². The van der Waals surface area contributed by atoms with Gasteiger partial charge in [-0.05, 0) is 25.3 Å². The maximum Gasteiger partial charge on any atom is 0.00925 e. The average molecular weight is 169 g/mol. The van der Waals surface area contributed by atoms with Crippen LogP contribution in [-0.4, -0.2) is 12.6 Å². The summed E-state index contributed by atoms with van der Waals surface area (Å²) in [5.74, 6) is 0.894. The molecule has 0 saturated heterocycles. The minimum atomic E-state index is 0.801. The van der Waals surface area contributed by atoms with Crippen LogP contribution in [0.5, 0.6) is 0 Å². The van der Waals surface area contributed by atoms with Crippen molar-refractivity contribution in [1.29, 1.82) is 0 Å². The molecule has 1 nitrogen and oxygen atoms in total. The Morgan fingerprint density at radius 3 is 2.42 bits per heavy atom. The Kier molecular flexibility index (Phi) is 4.67. The Morgan fingerprint density at radius 1 is 1.08 bits per heavy atom. The zero-order valence-corrected chi connectivity index (χ0v) is 8.60. The first-order chi connectivity index (χ1) is 5.84. The van der Waals surface area contributed by atoms with E-state index in [9.17, 15) is 0 Å². The summed E-state index contributed by atoms with van der Waals surface area (Å²) >= 11 is 0. The minimum Gasteiger partial charge on any atom is -0.314 e. The predicted molar refractivity (Wildman–Crippen MR) is 54.3 cm³/mol. The summed E-state index contributed by atoms with van der Waals surface area (Å²) in [6.45, 7) is 5.75. The van der Waals surface area contributed by atoms with E-state index in [-0.39, 0.29) is 0 Å². The first-order valence-corrected chi connectivity index (χ1v) is 5.58. The van der Waals surface area contributed by atoms with Crippen molar-refractivity contribution in [2.45, 2.75) is 58.4 Å². The van der Waals surface area contributed by atoms with Crippen molar-refractivity contribution < 1.29 is 0 Å². The molecule has 0 bridgehead atoms. The molecule has 1 aliphatic carbocycles. The highest BCUT2D eigenvalue weighted by Gasteiger charge is 2.16. The molecule has 0 radical (unpaired) electrons. The maximum absolute atomic E-state index is 3.60. The fourth-order valence-corrected chi connectivity index (χ4v) is 2.24. The number of rotatable bonds is 2. The van der Waals surface area contributed by atoms with Gasteiger partial charge in [0.15, 0.2) is 0 Å². The van der Waals surface area contributed by atoms with Crippen LogP contribution < -0.4 is 5.32 Å². The average Bonchev–Trinajstić information content (AvgIpc) is 2.05. The lowest BCUT2D eigenvalue weighted by Crippen LogP contribution is -2.35.